The van der Waals surface area contributed by atoms with Crippen molar-refractivity contribution in [3.8, 4) is 0 Å². The zero-order valence-corrected chi connectivity index (χ0v) is 6.95. The summed E-state index contributed by atoms with van der Waals surface area (Å²) in [5.74, 6) is 0.452. The first-order valence-corrected chi connectivity index (χ1v) is 3.81. The van der Waals surface area contributed by atoms with Crippen LogP contribution in [0.25, 0.3) is 0 Å². The molecule has 0 aromatic heterocycles. The molecule has 4 heteroatoms. The summed E-state index contributed by atoms with van der Waals surface area (Å²) >= 11 is 1.54. The van der Waals surface area contributed by atoms with Crippen LogP contribution < -0.4 is 11.3 Å². The molecule has 0 aliphatic carbocycles. The Morgan fingerprint density at radius 1 is 1.70 bits per heavy atom. The van der Waals surface area contributed by atoms with Gasteiger partial charge in [-0.05, 0) is 12.2 Å². The van der Waals surface area contributed by atoms with Gasteiger partial charge in [0.15, 0.2) is 0 Å². The van der Waals surface area contributed by atoms with E-state index in [0.29, 0.717) is 5.75 Å². The van der Waals surface area contributed by atoms with Crippen LogP contribution in [0.1, 0.15) is 6.42 Å². The Balaban J connectivity index is 0. The molecule has 0 saturated heterocycles. The number of hydrogen-bond donors (Lipinski definition) is 1. The van der Waals surface area contributed by atoms with Gasteiger partial charge in [-0.1, -0.05) is 6.08 Å². The van der Waals surface area contributed by atoms with Crippen LogP contribution in [0.3, 0.4) is 0 Å². The minimum Gasteiger partial charge on any atom is -0.550 e. The van der Waals surface area contributed by atoms with Gasteiger partial charge in [0, 0.05) is 11.7 Å². The van der Waals surface area contributed by atoms with Crippen molar-refractivity contribution in [2.75, 3.05) is 11.5 Å². The van der Waals surface area contributed by atoms with Gasteiger partial charge in [-0.2, -0.15) is 11.8 Å². The number of carbonyl (C=O) groups excluding carboxylic acids is 1. The SMILES string of the molecule is C=CCSCCC(=O)[O-].[NH4+]. The van der Waals surface area contributed by atoms with Crippen LogP contribution >= 0.6 is 11.8 Å². The van der Waals surface area contributed by atoms with Gasteiger partial charge in [0.25, 0.3) is 0 Å². The van der Waals surface area contributed by atoms with Crippen LogP contribution in [0, 0.1) is 0 Å². The van der Waals surface area contributed by atoms with Crippen molar-refractivity contribution >= 4 is 17.7 Å². The molecule has 0 aromatic rings. The van der Waals surface area contributed by atoms with E-state index >= 15 is 0 Å². The molecule has 0 spiro atoms. The summed E-state index contributed by atoms with van der Waals surface area (Å²) < 4.78 is 0. The van der Waals surface area contributed by atoms with Crippen molar-refractivity contribution in [1.82, 2.24) is 6.15 Å². The fourth-order valence-corrected chi connectivity index (χ4v) is 0.967. The number of quaternary nitrogens is 1. The van der Waals surface area contributed by atoms with Crippen molar-refractivity contribution < 1.29 is 9.90 Å². The van der Waals surface area contributed by atoms with E-state index in [9.17, 15) is 9.90 Å². The maximum Gasteiger partial charge on any atom is 0.0422 e. The highest BCUT2D eigenvalue weighted by atomic mass is 32.2. The van der Waals surface area contributed by atoms with Gasteiger partial charge in [0.05, 0.1) is 0 Å². The first kappa shape index (κ1) is 12.2. The summed E-state index contributed by atoms with van der Waals surface area (Å²) in [6.07, 6.45) is 1.89. The Morgan fingerprint density at radius 3 is 2.70 bits per heavy atom. The number of rotatable bonds is 5. The maximum atomic E-state index is 9.81. The minimum atomic E-state index is -0.980. The van der Waals surface area contributed by atoms with Gasteiger partial charge in [-0.25, -0.2) is 0 Å². The summed E-state index contributed by atoms with van der Waals surface area (Å²) in [5, 5.41) is 9.81. The van der Waals surface area contributed by atoms with Crippen molar-refractivity contribution in [2.45, 2.75) is 6.42 Å². The maximum absolute atomic E-state index is 9.81. The fraction of sp³-hybridized carbons (Fsp3) is 0.500. The van der Waals surface area contributed by atoms with Crippen LogP contribution in [-0.4, -0.2) is 17.5 Å². The van der Waals surface area contributed by atoms with E-state index < -0.39 is 5.97 Å². The van der Waals surface area contributed by atoms with Crippen molar-refractivity contribution in [2.24, 2.45) is 0 Å². The molecule has 10 heavy (non-hydrogen) atoms. The molecule has 0 fully saturated rings. The Bertz CT molecular complexity index is 106. The van der Waals surface area contributed by atoms with E-state index in [0.717, 1.165) is 5.75 Å². The molecule has 0 rings (SSSR count). The van der Waals surface area contributed by atoms with Gasteiger partial charge in [0.1, 0.15) is 0 Å². The molecule has 0 bridgehead atoms. The van der Waals surface area contributed by atoms with Gasteiger partial charge in [-0.15, -0.1) is 6.58 Å². The highest BCUT2D eigenvalue weighted by Gasteiger charge is 1.85. The molecule has 0 unspecified atom stereocenters. The number of aliphatic carboxylic acids is 1. The largest absolute Gasteiger partial charge is 0.550 e. The molecule has 0 atom stereocenters. The summed E-state index contributed by atoms with van der Waals surface area (Å²) in [7, 11) is 0. The van der Waals surface area contributed by atoms with E-state index in [1.807, 2.05) is 0 Å². The average Bonchev–Trinajstić information content (AvgIpc) is 1.80. The second kappa shape index (κ2) is 8.52. The summed E-state index contributed by atoms with van der Waals surface area (Å²) in [5.41, 5.74) is 0. The molecule has 0 aliphatic heterocycles. The Hall–Kier alpha value is -0.480. The number of thioether (sulfide) groups is 1. The van der Waals surface area contributed by atoms with Crippen molar-refractivity contribution in [3.05, 3.63) is 12.7 Å². The molecule has 3 nitrogen and oxygen atoms in total. The molecular weight excluding hydrogens is 150 g/mol. The standard InChI is InChI=1S/C6H10O2S.H3N/c1-2-4-9-5-3-6(7)8;/h2H,1,3-5H2,(H,7,8);1H3. The summed E-state index contributed by atoms with van der Waals surface area (Å²) in [4.78, 5) is 9.81. The lowest BCUT2D eigenvalue weighted by Crippen LogP contribution is -2.22. The van der Waals surface area contributed by atoms with Crippen molar-refractivity contribution in [1.29, 1.82) is 0 Å². The van der Waals surface area contributed by atoms with E-state index in [-0.39, 0.29) is 12.6 Å². The van der Waals surface area contributed by atoms with Gasteiger partial charge in [-0.3, -0.25) is 0 Å². The predicted octanol–water partition coefficient (Wildman–Crippen LogP) is 0.422. The topological polar surface area (TPSA) is 76.6 Å². The van der Waals surface area contributed by atoms with E-state index in [1.165, 1.54) is 0 Å². The lowest BCUT2D eigenvalue weighted by molar-refractivity contribution is -0.305. The Kier molecular flexibility index (Phi) is 10.4. The zero-order chi connectivity index (χ0) is 7.11. The van der Waals surface area contributed by atoms with Crippen LogP contribution in [0.5, 0.6) is 0 Å². The number of hydrogen-bond acceptors (Lipinski definition) is 3. The van der Waals surface area contributed by atoms with Gasteiger partial charge >= 0.3 is 0 Å². The summed E-state index contributed by atoms with van der Waals surface area (Å²) in [6.45, 7) is 3.49. The third kappa shape index (κ3) is 10.5. The summed E-state index contributed by atoms with van der Waals surface area (Å²) in [6, 6.07) is 0. The molecule has 0 amide bonds. The lowest BCUT2D eigenvalue weighted by atomic mass is 10.5. The monoisotopic (exact) mass is 163 g/mol. The normalized spacial score (nSPS) is 8.00. The third-order valence-electron chi connectivity index (χ3n) is 0.686. The van der Waals surface area contributed by atoms with E-state index in [4.69, 9.17) is 0 Å². The van der Waals surface area contributed by atoms with Crippen molar-refractivity contribution in [3.63, 3.8) is 0 Å². The predicted molar refractivity (Wildman–Crippen MR) is 43.1 cm³/mol. The molecule has 60 valence electrons. The van der Waals surface area contributed by atoms with Crippen LogP contribution in [-0.2, 0) is 4.79 Å². The number of carboxylic acid groups (broad SMARTS) is 1. The average molecular weight is 163 g/mol. The van der Waals surface area contributed by atoms with E-state index in [1.54, 1.807) is 17.8 Å². The highest BCUT2D eigenvalue weighted by molar-refractivity contribution is 7.99. The smallest absolute Gasteiger partial charge is 0.0422 e. The van der Waals surface area contributed by atoms with Crippen LogP contribution in [0.15, 0.2) is 12.7 Å². The lowest BCUT2D eigenvalue weighted by Gasteiger charge is -1.98. The first-order chi connectivity index (χ1) is 4.27. The van der Waals surface area contributed by atoms with Gasteiger partial charge in [0.2, 0.25) is 0 Å². The van der Waals surface area contributed by atoms with Crippen LogP contribution in [0.2, 0.25) is 0 Å². The van der Waals surface area contributed by atoms with Gasteiger partial charge < -0.3 is 16.1 Å². The molecule has 0 heterocycles. The second-order valence-corrected chi connectivity index (χ2v) is 2.64. The Morgan fingerprint density at radius 2 is 2.30 bits per heavy atom. The highest BCUT2D eigenvalue weighted by Crippen LogP contribution is 2.00. The zero-order valence-electron chi connectivity index (χ0n) is 6.13. The molecule has 0 saturated carbocycles. The second-order valence-electron chi connectivity index (χ2n) is 1.49. The Labute approximate surface area is 65.1 Å². The number of carboxylic acids is 1. The molecular formula is C6H13NO2S. The number of carbonyl (C=O) groups is 1. The fourth-order valence-electron chi connectivity index (χ4n) is 0.322. The molecule has 0 radical (unpaired) electrons. The third-order valence-corrected chi connectivity index (χ3v) is 1.65. The van der Waals surface area contributed by atoms with Crippen LogP contribution in [0.4, 0.5) is 0 Å². The first-order valence-electron chi connectivity index (χ1n) is 2.66. The van der Waals surface area contributed by atoms with E-state index in [2.05, 4.69) is 6.58 Å². The quantitative estimate of drug-likeness (QED) is 0.471. The molecule has 4 N–H and O–H groups in total. The minimum absolute atomic E-state index is 0. The molecule has 0 aliphatic rings. The molecule has 0 aromatic carbocycles.